The van der Waals surface area contributed by atoms with E-state index in [4.69, 9.17) is 10.7 Å². The van der Waals surface area contributed by atoms with Crippen LogP contribution in [-0.2, 0) is 5.41 Å². The third-order valence-electron chi connectivity index (χ3n) is 11.7. The SMILES string of the molecule is C[C@H](NC(=O)c1sc2nc(C34CC5CC(CC(C5)C3)C4)ccc2c1N)C12CC3CC(CC(C3)C1)C2. The van der Waals surface area contributed by atoms with E-state index in [9.17, 15) is 4.79 Å². The van der Waals surface area contributed by atoms with E-state index in [0.29, 0.717) is 16.0 Å². The van der Waals surface area contributed by atoms with E-state index in [0.717, 1.165) is 45.7 Å². The maximum absolute atomic E-state index is 13.5. The van der Waals surface area contributed by atoms with Crippen molar-refractivity contribution in [3.63, 3.8) is 0 Å². The third-order valence-corrected chi connectivity index (χ3v) is 12.8. The van der Waals surface area contributed by atoms with Crippen molar-refractivity contribution in [2.45, 2.75) is 95.4 Å². The first-order valence-electron chi connectivity index (χ1n) is 14.4. The van der Waals surface area contributed by atoms with E-state index in [1.54, 1.807) is 0 Å². The number of hydrogen-bond acceptors (Lipinski definition) is 4. The Morgan fingerprint density at radius 1 is 0.914 bits per heavy atom. The van der Waals surface area contributed by atoms with Crippen LogP contribution < -0.4 is 11.1 Å². The summed E-state index contributed by atoms with van der Waals surface area (Å²) in [6, 6.07) is 4.63. The second-order valence-corrected chi connectivity index (χ2v) is 15.1. The van der Waals surface area contributed by atoms with Crippen molar-refractivity contribution in [1.29, 1.82) is 0 Å². The fraction of sp³-hybridized carbons (Fsp3) is 0.733. The molecule has 0 unspecified atom stereocenters. The second-order valence-electron chi connectivity index (χ2n) is 14.1. The average molecular weight is 490 g/mol. The summed E-state index contributed by atoms with van der Waals surface area (Å²) in [6.45, 7) is 2.26. The summed E-state index contributed by atoms with van der Waals surface area (Å²) in [5, 5.41) is 4.41. The number of anilines is 1. The normalized spacial score (nSPS) is 43.7. The summed E-state index contributed by atoms with van der Waals surface area (Å²) in [6.07, 6.45) is 16.5. The number of rotatable bonds is 4. The predicted molar refractivity (Wildman–Crippen MR) is 141 cm³/mol. The van der Waals surface area contributed by atoms with Gasteiger partial charge >= 0.3 is 0 Å². The molecule has 2 aromatic rings. The van der Waals surface area contributed by atoms with Crippen molar-refractivity contribution >= 4 is 33.1 Å². The number of pyridine rings is 1. The Labute approximate surface area is 212 Å². The number of nitrogens with one attached hydrogen (secondary N) is 1. The zero-order valence-corrected chi connectivity index (χ0v) is 21.8. The Morgan fingerprint density at radius 2 is 1.43 bits per heavy atom. The molecule has 1 atom stereocenters. The van der Waals surface area contributed by atoms with Crippen molar-refractivity contribution in [2.24, 2.45) is 40.9 Å². The van der Waals surface area contributed by atoms with Crippen LogP contribution in [0.4, 0.5) is 5.69 Å². The zero-order valence-electron chi connectivity index (χ0n) is 21.0. The third kappa shape index (κ3) is 3.15. The van der Waals surface area contributed by atoms with Crippen molar-refractivity contribution in [2.75, 3.05) is 5.73 Å². The molecule has 8 aliphatic carbocycles. The molecular formula is C30H39N3OS. The lowest BCUT2D eigenvalue weighted by molar-refractivity contribution is -0.0687. The van der Waals surface area contributed by atoms with Crippen LogP contribution in [0.25, 0.3) is 10.2 Å². The predicted octanol–water partition coefficient (Wildman–Crippen LogP) is 6.68. The maximum atomic E-state index is 13.5. The van der Waals surface area contributed by atoms with E-state index in [1.807, 2.05) is 0 Å². The lowest BCUT2D eigenvalue weighted by Gasteiger charge is -2.59. The van der Waals surface area contributed by atoms with E-state index < -0.39 is 0 Å². The Bertz CT molecular complexity index is 1140. The van der Waals surface area contributed by atoms with E-state index >= 15 is 0 Å². The van der Waals surface area contributed by atoms with Gasteiger partial charge in [-0.05, 0) is 137 Å². The highest BCUT2D eigenvalue weighted by atomic mass is 32.1. The molecule has 0 saturated heterocycles. The van der Waals surface area contributed by atoms with Gasteiger partial charge in [0, 0.05) is 22.5 Å². The summed E-state index contributed by atoms with van der Waals surface area (Å²) in [4.78, 5) is 20.4. The van der Waals surface area contributed by atoms with Crippen molar-refractivity contribution in [1.82, 2.24) is 10.3 Å². The molecule has 0 radical (unpaired) electrons. The van der Waals surface area contributed by atoms with Gasteiger partial charge < -0.3 is 11.1 Å². The van der Waals surface area contributed by atoms with Crippen molar-refractivity contribution in [3.05, 3.63) is 22.7 Å². The summed E-state index contributed by atoms with van der Waals surface area (Å²) >= 11 is 1.52. The molecule has 8 aliphatic rings. The topological polar surface area (TPSA) is 68.0 Å². The summed E-state index contributed by atoms with van der Waals surface area (Å²) in [5.41, 5.74) is 9.07. The summed E-state index contributed by atoms with van der Waals surface area (Å²) in [7, 11) is 0. The van der Waals surface area contributed by atoms with Crippen LogP contribution in [0.15, 0.2) is 12.1 Å². The molecule has 5 heteroatoms. The molecule has 10 rings (SSSR count). The highest BCUT2D eigenvalue weighted by Crippen LogP contribution is 2.62. The summed E-state index contributed by atoms with van der Waals surface area (Å²) < 4.78 is 0. The van der Waals surface area contributed by atoms with Gasteiger partial charge in [-0.1, -0.05) is 0 Å². The van der Waals surface area contributed by atoms with Gasteiger partial charge in [-0.2, -0.15) is 0 Å². The Morgan fingerprint density at radius 3 is 1.97 bits per heavy atom. The lowest BCUT2D eigenvalue weighted by atomic mass is 9.48. The Balaban J connectivity index is 1.07. The standard InChI is InChI=1S/C30H39N3OS/c1-16(29-10-17-4-18(11-29)6-19(5-17)12-29)32-27(34)26-25(31)23-2-3-24(33-28(23)35-26)30-13-20-7-21(14-30)9-22(8-20)15-30/h2-3,16-22H,4-15,31H2,1H3,(H,32,34)/t16-,17?,18?,19?,20?,21?,22?,29?,30?/m0/s1. The van der Waals surface area contributed by atoms with Gasteiger partial charge in [-0.25, -0.2) is 4.98 Å². The van der Waals surface area contributed by atoms with Gasteiger partial charge in [-0.3, -0.25) is 4.79 Å². The number of nitrogens with two attached hydrogens (primary N) is 1. The fourth-order valence-electron chi connectivity index (χ4n) is 11.0. The quantitative estimate of drug-likeness (QED) is 0.503. The van der Waals surface area contributed by atoms with E-state index in [-0.39, 0.29) is 17.4 Å². The van der Waals surface area contributed by atoms with Crippen molar-refractivity contribution < 1.29 is 4.79 Å². The molecule has 4 nitrogen and oxygen atoms in total. The van der Waals surface area contributed by atoms with Crippen LogP contribution in [0.5, 0.6) is 0 Å². The molecular weight excluding hydrogens is 450 g/mol. The molecule has 1 amide bonds. The second kappa shape index (κ2) is 7.24. The first kappa shape index (κ1) is 21.5. The van der Waals surface area contributed by atoms with E-state index in [1.165, 1.54) is 94.1 Å². The number of nitrogen functional groups attached to an aromatic ring is 1. The molecule has 8 fully saturated rings. The minimum atomic E-state index is 0.0186. The monoisotopic (exact) mass is 489 g/mol. The van der Waals surface area contributed by atoms with Gasteiger partial charge in [0.25, 0.3) is 5.91 Å². The van der Waals surface area contributed by atoms with Crippen molar-refractivity contribution in [3.8, 4) is 0 Å². The molecule has 2 heterocycles. The number of fused-ring (bicyclic) bond motifs is 1. The Hall–Kier alpha value is -1.62. The van der Waals surface area contributed by atoms with Gasteiger partial charge in [0.05, 0.1) is 5.69 Å². The minimum absolute atomic E-state index is 0.0186. The molecule has 0 aromatic carbocycles. The molecule has 8 saturated carbocycles. The molecule has 186 valence electrons. The number of hydrogen-bond donors (Lipinski definition) is 2. The van der Waals surface area contributed by atoms with Crippen LogP contribution >= 0.6 is 11.3 Å². The fourth-order valence-corrected chi connectivity index (χ4v) is 12.0. The molecule has 0 aliphatic heterocycles. The molecule has 0 spiro atoms. The van der Waals surface area contributed by atoms with Gasteiger partial charge in [-0.15, -0.1) is 11.3 Å². The number of aromatic nitrogens is 1. The highest BCUT2D eigenvalue weighted by Gasteiger charge is 2.54. The molecule has 35 heavy (non-hydrogen) atoms. The molecule has 3 N–H and O–H groups in total. The van der Waals surface area contributed by atoms with Crippen LogP contribution in [-0.4, -0.2) is 16.9 Å². The summed E-state index contributed by atoms with van der Waals surface area (Å²) in [5.74, 6) is 5.40. The van der Waals surface area contributed by atoms with Crippen LogP contribution in [0.2, 0.25) is 0 Å². The van der Waals surface area contributed by atoms with Gasteiger partial charge in [0.2, 0.25) is 0 Å². The highest BCUT2D eigenvalue weighted by molar-refractivity contribution is 7.21. The maximum Gasteiger partial charge on any atom is 0.263 e. The van der Waals surface area contributed by atoms with Crippen LogP contribution in [0.3, 0.4) is 0 Å². The largest absolute Gasteiger partial charge is 0.397 e. The van der Waals surface area contributed by atoms with Gasteiger partial charge in [0.1, 0.15) is 9.71 Å². The number of thiophene rings is 1. The van der Waals surface area contributed by atoms with Crippen LogP contribution in [0.1, 0.15) is 99.3 Å². The van der Waals surface area contributed by atoms with Crippen LogP contribution in [0, 0.1) is 40.9 Å². The molecule has 8 bridgehead atoms. The average Bonchev–Trinajstić information content (AvgIpc) is 3.13. The zero-order chi connectivity index (χ0) is 23.5. The number of amides is 1. The molecule has 2 aromatic heterocycles. The number of carbonyl (C=O) groups excluding carboxylic acids is 1. The first-order valence-corrected chi connectivity index (χ1v) is 15.2. The number of nitrogens with zero attached hydrogens (tertiary/aromatic N) is 1. The Kier molecular flexibility index (Phi) is 4.44. The van der Waals surface area contributed by atoms with Gasteiger partial charge in [0.15, 0.2) is 0 Å². The lowest BCUT2D eigenvalue weighted by Crippen LogP contribution is -2.55. The first-order chi connectivity index (χ1) is 16.9. The number of carbonyl (C=O) groups is 1. The smallest absolute Gasteiger partial charge is 0.263 e. The minimum Gasteiger partial charge on any atom is -0.397 e. The van der Waals surface area contributed by atoms with E-state index in [2.05, 4.69) is 24.4 Å².